The number of methoxy groups -OCH3 is 1. The maximum Gasteiger partial charge on any atom is 0.246 e. The number of benzene rings is 2. The van der Waals surface area contributed by atoms with E-state index in [9.17, 15) is 14.9 Å². The van der Waals surface area contributed by atoms with Crippen molar-refractivity contribution >= 4 is 17.5 Å². The van der Waals surface area contributed by atoms with E-state index in [2.05, 4.69) is 16.7 Å². The van der Waals surface area contributed by atoms with Crippen molar-refractivity contribution in [3.63, 3.8) is 0 Å². The number of nitriles is 1. The van der Waals surface area contributed by atoms with Gasteiger partial charge in [-0.2, -0.15) is 5.26 Å². The third-order valence-electron chi connectivity index (χ3n) is 3.49. The van der Waals surface area contributed by atoms with Gasteiger partial charge in [-0.25, -0.2) is 0 Å². The van der Waals surface area contributed by atoms with E-state index in [-0.39, 0.29) is 18.4 Å². The lowest BCUT2D eigenvalue weighted by molar-refractivity contribution is -0.124. The summed E-state index contributed by atoms with van der Waals surface area (Å²) in [4.78, 5) is 22.6. The first-order valence-electron chi connectivity index (χ1n) is 7.70. The Morgan fingerprint density at radius 2 is 1.88 bits per heavy atom. The van der Waals surface area contributed by atoms with E-state index in [0.717, 1.165) is 16.7 Å². The van der Waals surface area contributed by atoms with E-state index < -0.39 is 0 Å². The number of ether oxygens (including phenoxy) is 1. The zero-order chi connectivity index (χ0) is 18.2. The largest absolute Gasteiger partial charge is 0.375 e. The standard InChI is InChI=1S/C19H19N3O3/c1-13(23)22-17-7-5-15(6-8-17)18-9-14(3-4-16(18)10-20)11-21-19(24)12-25-2/h3-9H,11-12H2,1-2H3,(H,21,24)(H,22,23). The molecule has 0 aliphatic carbocycles. The molecule has 2 rings (SSSR count). The van der Waals surface area contributed by atoms with Crippen molar-refractivity contribution in [2.24, 2.45) is 0 Å². The summed E-state index contributed by atoms with van der Waals surface area (Å²) in [5.74, 6) is -0.340. The van der Waals surface area contributed by atoms with Gasteiger partial charge in [-0.05, 0) is 41.0 Å². The molecule has 0 bridgehead atoms. The SMILES string of the molecule is COCC(=O)NCc1ccc(C#N)c(-c2ccc(NC(C)=O)cc2)c1. The number of hydrogen-bond acceptors (Lipinski definition) is 4. The van der Waals surface area contributed by atoms with Crippen molar-refractivity contribution in [2.75, 3.05) is 19.0 Å². The number of amides is 2. The highest BCUT2D eigenvalue weighted by atomic mass is 16.5. The Bertz CT molecular complexity index is 808. The summed E-state index contributed by atoms with van der Waals surface area (Å²) in [5.41, 5.74) is 3.74. The molecule has 2 amide bonds. The van der Waals surface area contributed by atoms with Crippen LogP contribution in [-0.4, -0.2) is 25.5 Å². The molecule has 25 heavy (non-hydrogen) atoms. The Balaban J connectivity index is 2.23. The van der Waals surface area contributed by atoms with E-state index >= 15 is 0 Å². The molecule has 2 aromatic carbocycles. The van der Waals surface area contributed by atoms with Gasteiger partial charge in [0.2, 0.25) is 11.8 Å². The van der Waals surface area contributed by atoms with Gasteiger partial charge in [-0.15, -0.1) is 0 Å². The number of nitrogens with one attached hydrogen (secondary N) is 2. The predicted molar refractivity (Wildman–Crippen MR) is 94.6 cm³/mol. The summed E-state index contributed by atoms with van der Waals surface area (Å²) in [6, 6.07) is 14.8. The van der Waals surface area contributed by atoms with E-state index in [1.165, 1.54) is 14.0 Å². The molecule has 0 saturated carbocycles. The average Bonchev–Trinajstić information content (AvgIpc) is 2.60. The fourth-order valence-corrected chi connectivity index (χ4v) is 2.36. The fourth-order valence-electron chi connectivity index (χ4n) is 2.36. The molecule has 0 aliphatic heterocycles. The minimum Gasteiger partial charge on any atom is -0.375 e. The number of rotatable bonds is 6. The highest BCUT2D eigenvalue weighted by Gasteiger charge is 2.08. The molecule has 0 saturated heterocycles. The minimum atomic E-state index is -0.201. The molecule has 6 nitrogen and oxygen atoms in total. The third-order valence-corrected chi connectivity index (χ3v) is 3.49. The molecule has 0 radical (unpaired) electrons. The van der Waals surface area contributed by atoms with Gasteiger partial charge in [0.1, 0.15) is 6.61 Å². The monoisotopic (exact) mass is 337 g/mol. The first kappa shape index (κ1) is 18.2. The van der Waals surface area contributed by atoms with Gasteiger partial charge in [0.15, 0.2) is 0 Å². The van der Waals surface area contributed by atoms with Crippen LogP contribution in [0.3, 0.4) is 0 Å². The fraction of sp³-hybridized carbons (Fsp3) is 0.211. The van der Waals surface area contributed by atoms with E-state index in [4.69, 9.17) is 4.74 Å². The Morgan fingerprint density at radius 3 is 2.48 bits per heavy atom. The second-order valence-corrected chi connectivity index (χ2v) is 5.46. The number of nitrogens with zero attached hydrogens (tertiary/aromatic N) is 1. The smallest absolute Gasteiger partial charge is 0.246 e. The molecular formula is C19H19N3O3. The van der Waals surface area contributed by atoms with Crippen LogP contribution in [0.4, 0.5) is 5.69 Å². The quantitative estimate of drug-likeness (QED) is 0.847. The summed E-state index contributed by atoms with van der Waals surface area (Å²) in [6.07, 6.45) is 0. The summed E-state index contributed by atoms with van der Waals surface area (Å²) >= 11 is 0. The molecule has 6 heteroatoms. The summed E-state index contributed by atoms with van der Waals surface area (Å²) in [7, 11) is 1.46. The number of carbonyl (C=O) groups excluding carboxylic acids is 2. The third kappa shape index (κ3) is 5.16. The van der Waals surface area contributed by atoms with Crippen LogP contribution in [0.5, 0.6) is 0 Å². The van der Waals surface area contributed by atoms with Gasteiger partial charge in [-0.3, -0.25) is 9.59 Å². The van der Waals surface area contributed by atoms with Gasteiger partial charge in [0.05, 0.1) is 11.6 Å². The van der Waals surface area contributed by atoms with Crippen LogP contribution < -0.4 is 10.6 Å². The lowest BCUT2D eigenvalue weighted by atomic mass is 9.97. The Labute approximate surface area is 146 Å². The van der Waals surface area contributed by atoms with Gasteiger partial charge in [-0.1, -0.05) is 18.2 Å². The van der Waals surface area contributed by atoms with E-state index in [1.54, 1.807) is 24.3 Å². The van der Waals surface area contributed by atoms with Gasteiger partial charge < -0.3 is 15.4 Å². The Kier molecular flexibility index (Phi) is 6.26. The van der Waals surface area contributed by atoms with Crippen molar-refractivity contribution in [3.8, 4) is 17.2 Å². The molecular weight excluding hydrogens is 318 g/mol. The second-order valence-electron chi connectivity index (χ2n) is 5.46. The summed E-state index contributed by atoms with van der Waals surface area (Å²) in [5, 5.41) is 14.8. The first-order chi connectivity index (χ1) is 12.0. The van der Waals surface area contributed by atoms with Crippen molar-refractivity contribution in [2.45, 2.75) is 13.5 Å². The van der Waals surface area contributed by atoms with Crippen LogP contribution in [0.25, 0.3) is 11.1 Å². The minimum absolute atomic E-state index is 0.00769. The molecule has 0 atom stereocenters. The molecule has 128 valence electrons. The molecule has 0 fully saturated rings. The molecule has 0 unspecified atom stereocenters. The normalized spacial score (nSPS) is 9.96. The highest BCUT2D eigenvalue weighted by Crippen LogP contribution is 2.26. The average molecular weight is 337 g/mol. The molecule has 0 aromatic heterocycles. The number of anilines is 1. The molecule has 0 heterocycles. The lowest BCUT2D eigenvalue weighted by Gasteiger charge is -2.10. The maximum atomic E-state index is 11.5. The zero-order valence-corrected chi connectivity index (χ0v) is 14.1. The van der Waals surface area contributed by atoms with Crippen molar-refractivity contribution < 1.29 is 14.3 Å². The van der Waals surface area contributed by atoms with Gasteiger partial charge in [0.25, 0.3) is 0 Å². The summed E-state index contributed by atoms with van der Waals surface area (Å²) in [6.45, 7) is 1.81. The van der Waals surface area contributed by atoms with Gasteiger partial charge >= 0.3 is 0 Å². The predicted octanol–water partition coefficient (Wildman–Crippen LogP) is 2.45. The zero-order valence-electron chi connectivity index (χ0n) is 14.1. The number of carbonyl (C=O) groups is 2. The van der Waals surface area contributed by atoms with Crippen LogP contribution in [-0.2, 0) is 20.9 Å². The summed E-state index contributed by atoms with van der Waals surface area (Å²) < 4.78 is 4.78. The molecule has 0 aliphatic rings. The van der Waals surface area contributed by atoms with Crippen LogP contribution in [0.2, 0.25) is 0 Å². The highest BCUT2D eigenvalue weighted by molar-refractivity contribution is 5.89. The molecule has 2 N–H and O–H groups in total. The first-order valence-corrected chi connectivity index (χ1v) is 7.70. The van der Waals surface area contributed by atoms with Crippen LogP contribution in [0.1, 0.15) is 18.1 Å². The Hall–Kier alpha value is -3.17. The topological polar surface area (TPSA) is 91.2 Å². The van der Waals surface area contributed by atoms with Crippen molar-refractivity contribution in [1.82, 2.24) is 5.32 Å². The van der Waals surface area contributed by atoms with Crippen LogP contribution >= 0.6 is 0 Å². The lowest BCUT2D eigenvalue weighted by Crippen LogP contribution is -2.26. The molecule has 2 aromatic rings. The second kappa shape index (κ2) is 8.62. The van der Waals surface area contributed by atoms with Crippen LogP contribution in [0.15, 0.2) is 42.5 Å². The van der Waals surface area contributed by atoms with Gasteiger partial charge in [0, 0.05) is 26.3 Å². The van der Waals surface area contributed by atoms with Crippen LogP contribution in [0, 0.1) is 11.3 Å². The van der Waals surface area contributed by atoms with Crippen molar-refractivity contribution in [1.29, 1.82) is 5.26 Å². The Morgan fingerprint density at radius 1 is 1.16 bits per heavy atom. The van der Waals surface area contributed by atoms with Crippen molar-refractivity contribution in [3.05, 3.63) is 53.6 Å². The van der Waals surface area contributed by atoms with E-state index in [0.29, 0.717) is 17.8 Å². The maximum absolute atomic E-state index is 11.5. The van der Waals surface area contributed by atoms with E-state index in [1.807, 2.05) is 18.2 Å². The molecule has 0 spiro atoms. The number of hydrogen-bond donors (Lipinski definition) is 2.